The van der Waals surface area contributed by atoms with E-state index in [0.717, 1.165) is 28.2 Å². The Morgan fingerprint density at radius 1 is 1.21 bits per heavy atom. The molecule has 0 saturated carbocycles. The Morgan fingerprint density at radius 3 is 2.42 bits per heavy atom. The minimum absolute atomic E-state index is 0.185. The summed E-state index contributed by atoms with van der Waals surface area (Å²) in [6, 6.07) is 1.78. The zero-order valence-corrected chi connectivity index (χ0v) is 12.2. The smallest absolute Gasteiger partial charge is 0.314 e. The van der Waals surface area contributed by atoms with Gasteiger partial charge >= 0.3 is 6.03 Å². The minimum atomic E-state index is -0.185. The molecule has 0 aliphatic carbocycles. The van der Waals surface area contributed by atoms with Gasteiger partial charge in [0.2, 0.25) is 0 Å². The number of benzene rings is 1. The van der Waals surface area contributed by atoms with Crippen LogP contribution in [-0.2, 0) is 6.42 Å². The van der Waals surface area contributed by atoms with Crippen molar-refractivity contribution in [1.82, 2.24) is 10.6 Å². The standard InChI is InChI=1S/C14H22N2O3/c1-9-10(2)13(19-5)11(8-12(9)18-4)6-7-16-14(17)15-3/h8H,6-7H2,1-5H3,(H2,15,16,17). The predicted molar refractivity (Wildman–Crippen MR) is 75.2 cm³/mol. The van der Waals surface area contributed by atoms with Crippen molar-refractivity contribution < 1.29 is 14.3 Å². The second-order valence-electron chi connectivity index (χ2n) is 4.28. The van der Waals surface area contributed by atoms with Gasteiger partial charge in [-0.05, 0) is 43.0 Å². The lowest BCUT2D eigenvalue weighted by atomic mass is 10.0. The summed E-state index contributed by atoms with van der Waals surface area (Å²) in [4.78, 5) is 11.1. The predicted octanol–water partition coefficient (Wildman–Crippen LogP) is 1.79. The quantitative estimate of drug-likeness (QED) is 0.854. The molecule has 5 heteroatoms. The van der Waals surface area contributed by atoms with Crippen LogP contribution < -0.4 is 20.1 Å². The minimum Gasteiger partial charge on any atom is -0.496 e. The fourth-order valence-corrected chi connectivity index (χ4v) is 2.01. The molecule has 19 heavy (non-hydrogen) atoms. The van der Waals surface area contributed by atoms with Gasteiger partial charge in [-0.1, -0.05) is 0 Å². The summed E-state index contributed by atoms with van der Waals surface area (Å²) in [6.45, 7) is 4.55. The molecule has 106 valence electrons. The van der Waals surface area contributed by atoms with E-state index in [1.54, 1.807) is 21.3 Å². The van der Waals surface area contributed by atoms with E-state index in [0.29, 0.717) is 13.0 Å². The van der Waals surface area contributed by atoms with Crippen LogP contribution in [0.15, 0.2) is 6.07 Å². The van der Waals surface area contributed by atoms with E-state index in [1.165, 1.54) is 0 Å². The lowest BCUT2D eigenvalue weighted by Gasteiger charge is -2.17. The molecule has 0 aliphatic heterocycles. The third kappa shape index (κ3) is 3.53. The number of ether oxygens (including phenoxy) is 2. The van der Waals surface area contributed by atoms with Crippen molar-refractivity contribution in [1.29, 1.82) is 0 Å². The molecule has 1 aromatic carbocycles. The average Bonchev–Trinajstić information content (AvgIpc) is 2.42. The van der Waals surface area contributed by atoms with Crippen LogP contribution in [0.1, 0.15) is 16.7 Å². The maximum Gasteiger partial charge on any atom is 0.314 e. The van der Waals surface area contributed by atoms with E-state index < -0.39 is 0 Å². The molecule has 1 aromatic rings. The molecule has 0 spiro atoms. The first-order valence-electron chi connectivity index (χ1n) is 6.21. The van der Waals surface area contributed by atoms with Gasteiger partial charge in [-0.2, -0.15) is 0 Å². The Labute approximate surface area is 114 Å². The number of rotatable bonds is 5. The summed E-state index contributed by atoms with van der Waals surface area (Å²) in [7, 11) is 4.90. The number of hydrogen-bond donors (Lipinski definition) is 2. The molecule has 0 unspecified atom stereocenters. The number of carbonyl (C=O) groups excluding carboxylic acids is 1. The Hall–Kier alpha value is -1.91. The van der Waals surface area contributed by atoms with Gasteiger partial charge in [0, 0.05) is 13.6 Å². The summed E-state index contributed by atoms with van der Waals surface area (Å²) in [5.74, 6) is 1.70. The number of nitrogens with one attached hydrogen (secondary N) is 2. The van der Waals surface area contributed by atoms with Gasteiger partial charge in [0.05, 0.1) is 14.2 Å². The SMILES string of the molecule is CNC(=O)NCCc1cc(OC)c(C)c(C)c1OC. The summed E-state index contributed by atoms with van der Waals surface area (Å²) in [5.41, 5.74) is 3.16. The van der Waals surface area contributed by atoms with Gasteiger partial charge in [-0.15, -0.1) is 0 Å². The van der Waals surface area contributed by atoms with Crippen LogP contribution in [0.4, 0.5) is 4.79 Å². The molecule has 5 nitrogen and oxygen atoms in total. The highest BCUT2D eigenvalue weighted by Crippen LogP contribution is 2.33. The van der Waals surface area contributed by atoms with Gasteiger partial charge in [0.15, 0.2) is 0 Å². The molecular formula is C14H22N2O3. The van der Waals surface area contributed by atoms with E-state index in [9.17, 15) is 4.79 Å². The van der Waals surface area contributed by atoms with Crippen molar-refractivity contribution in [2.75, 3.05) is 27.8 Å². The van der Waals surface area contributed by atoms with E-state index in [1.807, 2.05) is 19.9 Å². The third-order valence-corrected chi connectivity index (χ3v) is 3.20. The maximum absolute atomic E-state index is 11.1. The molecule has 0 atom stereocenters. The van der Waals surface area contributed by atoms with Gasteiger partial charge in [-0.3, -0.25) is 0 Å². The van der Waals surface area contributed by atoms with E-state index in [-0.39, 0.29) is 6.03 Å². The van der Waals surface area contributed by atoms with Gasteiger partial charge < -0.3 is 20.1 Å². The molecule has 2 amide bonds. The van der Waals surface area contributed by atoms with Crippen LogP contribution in [0.2, 0.25) is 0 Å². The van der Waals surface area contributed by atoms with Gasteiger partial charge in [0.1, 0.15) is 11.5 Å². The van der Waals surface area contributed by atoms with Crippen molar-refractivity contribution in [3.63, 3.8) is 0 Å². The highest BCUT2D eigenvalue weighted by Gasteiger charge is 2.13. The number of urea groups is 1. The second-order valence-corrected chi connectivity index (χ2v) is 4.28. The molecule has 0 saturated heterocycles. The highest BCUT2D eigenvalue weighted by molar-refractivity contribution is 5.73. The topological polar surface area (TPSA) is 59.6 Å². The van der Waals surface area contributed by atoms with E-state index in [2.05, 4.69) is 10.6 Å². The van der Waals surface area contributed by atoms with E-state index in [4.69, 9.17) is 9.47 Å². The molecule has 0 bridgehead atoms. The molecule has 0 heterocycles. The van der Waals surface area contributed by atoms with Crippen molar-refractivity contribution in [3.05, 3.63) is 22.8 Å². The monoisotopic (exact) mass is 266 g/mol. The Bertz CT molecular complexity index is 458. The normalized spacial score (nSPS) is 9.95. The van der Waals surface area contributed by atoms with Crippen LogP contribution in [-0.4, -0.2) is 33.8 Å². The largest absolute Gasteiger partial charge is 0.496 e. The fraction of sp³-hybridized carbons (Fsp3) is 0.500. The lowest BCUT2D eigenvalue weighted by Crippen LogP contribution is -2.34. The molecule has 0 aliphatic rings. The third-order valence-electron chi connectivity index (χ3n) is 3.20. The van der Waals surface area contributed by atoms with E-state index >= 15 is 0 Å². The molecule has 0 radical (unpaired) electrons. The Kier molecular flexibility index (Phi) is 5.48. The van der Waals surface area contributed by atoms with Crippen LogP contribution in [0.25, 0.3) is 0 Å². The average molecular weight is 266 g/mol. The highest BCUT2D eigenvalue weighted by atomic mass is 16.5. The van der Waals surface area contributed by atoms with Crippen LogP contribution in [0.3, 0.4) is 0 Å². The number of amides is 2. The first-order valence-corrected chi connectivity index (χ1v) is 6.21. The van der Waals surface area contributed by atoms with Crippen molar-refractivity contribution >= 4 is 6.03 Å². The number of hydrogen-bond acceptors (Lipinski definition) is 3. The molecular weight excluding hydrogens is 244 g/mol. The zero-order chi connectivity index (χ0) is 14.4. The van der Waals surface area contributed by atoms with Gasteiger partial charge in [-0.25, -0.2) is 4.79 Å². The first kappa shape index (κ1) is 15.1. The molecule has 0 fully saturated rings. The zero-order valence-electron chi connectivity index (χ0n) is 12.2. The summed E-state index contributed by atoms with van der Waals surface area (Å²) in [6.07, 6.45) is 0.689. The maximum atomic E-state index is 11.1. The molecule has 1 rings (SSSR count). The number of carbonyl (C=O) groups is 1. The fourth-order valence-electron chi connectivity index (χ4n) is 2.01. The summed E-state index contributed by atoms with van der Waals surface area (Å²) < 4.78 is 10.8. The van der Waals surface area contributed by atoms with Gasteiger partial charge in [0.25, 0.3) is 0 Å². The van der Waals surface area contributed by atoms with Crippen LogP contribution in [0.5, 0.6) is 11.5 Å². The lowest BCUT2D eigenvalue weighted by molar-refractivity contribution is 0.243. The number of methoxy groups -OCH3 is 2. The second kappa shape index (κ2) is 6.87. The molecule has 0 aromatic heterocycles. The first-order chi connectivity index (χ1) is 9.04. The van der Waals surface area contributed by atoms with Crippen molar-refractivity contribution in [3.8, 4) is 11.5 Å². The Morgan fingerprint density at radius 2 is 1.89 bits per heavy atom. The van der Waals surface area contributed by atoms with Crippen molar-refractivity contribution in [2.24, 2.45) is 0 Å². The molecule has 2 N–H and O–H groups in total. The van der Waals surface area contributed by atoms with Crippen LogP contribution in [0, 0.1) is 13.8 Å². The Balaban J connectivity index is 2.92. The van der Waals surface area contributed by atoms with Crippen LogP contribution >= 0.6 is 0 Å². The summed E-state index contributed by atoms with van der Waals surface area (Å²) in [5, 5.41) is 5.27. The van der Waals surface area contributed by atoms with Crippen molar-refractivity contribution in [2.45, 2.75) is 20.3 Å². The summed E-state index contributed by atoms with van der Waals surface area (Å²) >= 11 is 0.